The highest BCUT2D eigenvalue weighted by molar-refractivity contribution is 6.00. The van der Waals surface area contributed by atoms with E-state index in [4.69, 9.17) is 4.74 Å². The number of halogens is 1. The first-order chi connectivity index (χ1) is 19.7. The molecule has 0 radical (unpaired) electrons. The molecule has 4 heterocycles. The van der Waals surface area contributed by atoms with Gasteiger partial charge in [-0.1, -0.05) is 24.3 Å². The van der Waals surface area contributed by atoms with Gasteiger partial charge < -0.3 is 10.1 Å². The summed E-state index contributed by atoms with van der Waals surface area (Å²) in [7, 11) is 0. The maximum Gasteiger partial charge on any atom is 0.227 e. The van der Waals surface area contributed by atoms with Crippen LogP contribution in [0.25, 0.3) is 44.2 Å². The predicted molar refractivity (Wildman–Crippen MR) is 152 cm³/mol. The molecule has 7 rings (SSSR count). The van der Waals surface area contributed by atoms with Crippen LogP contribution in [0.3, 0.4) is 0 Å². The van der Waals surface area contributed by atoms with E-state index in [9.17, 15) is 4.39 Å². The van der Waals surface area contributed by atoms with Crippen LogP contribution in [0.2, 0.25) is 0 Å². The normalized spacial score (nSPS) is 11.1. The van der Waals surface area contributed by atoms with Gasteiger partial charge >= 0.3 is 0 Å². The lowest BCUT2D eigenvalue weighted by Gasteiger charge is -2.13. The minimum absolute atomic E-state index is 0.293. The van der Waals surface area contributed by atoms with Crippen LogP contribution in [-0.2, 0) is 0 Å². The van der Waals surface area contributed by atoms with Gasteiger partial charge in [-0.15, -0.1) is 10.2 Å². The number of hydrogen-bond acceptors (Lipinski definition) is 7. The van der Waals surface area contributed by atoms with Gasteiger partial charge in [0.15, 0.2) is 11.5 Å². The number of fused-ring (bicyclic) bond motifs is 2. The summed E-state index contributed by atoms with van der Waals surface area (Å²) in [5.41, 5.74) is 4.77. The van der Waals surface area contributed by atoms with E-state index in [2.05, 4.69) is 35.7 Å². The number of aromatic amines is 1. The molecule has 2 N–H and O–H groups in total. The molecule has 0 fully saturated rings. The quantitative estimate of drug-likeness (QED) is 0.235. The van der Waals surface area contributed by atoms with Crippen LogP contribution in [0.5, 0.6) is 11.6 Å². The minimum Gasteiger partial charge on any atom is -0.438 e. The van der Waals surface area contributed by atoms with Crippen molar-refractivity contribution in [2.75, 3.05) is 5.32 Å². The fourth-order valence-electron chi connectivity index (χ4n) is 4.63. The van der Waals surface area contributed by atoms with Crippen molar-refractivity contribution in [3.8, 4) is 34.0 Å². The van der Waals surface area contributed by atoms with Gasteiger partial charge in [-0.05, 0) is 66.7 Å². The second kappa shape index (κ2) is 9.88. The van der Waals surface area contributed by atoms with Crippen LogP contribution in [0.4, 0.5) is 15.9 Å². The molecular weight excluding hydrogens is 505 g/mol. The fraction of sp³-hybridized carbons (Fsp3) is 0. The van der Waals surface area contributed by atoms with Gasteiger partial charge in [0.1, 0.15) is 17.3 Å². The van der Waals surface area contributed by atoms with E-state index >= 15 is 0 Å². The number of ether oxygens (including phenoxy) is 1. The first kappa shape index (κ1) is 23.4. The highest BCUT2D eigenvalue weighted by Crippen LogP contribution is 2.35. The van der Waals surface area contributed by atoms with Crippen molar-refractivity contribution in [2.45, 2.75) is 0 Å². The molecule has 9 heteroatoms. The largest absolute Gasteiger partial charge is 0.438 e. The molecule has 0 bridgehead atoms. The molecular formula is C31H20FN7O. The standard InChI is InChI=1S/C31H20FN7O/c32-20-9-7-19(8-10-20)28-24-4-1-2-5-25(24)30(39-37-28)36-21-11-13-22(14-12-21)40-31-26(6-3-16-34-31)23-15-17-33-29-27(23)18-35-38-29/h1-18H,(H,36,39)(H,33,35,38). The summed E-state index contributed by atoms with van der Waals surface area (Å²) in [6.07, 6.45) is 5.17. The van der Waals surface area contributed by atoms with Crippen molar-refractivity contribution in [2.24, 2.45) is 0 Å². The van der Waals surface area contributed by atoms with Gasteiger partial charge in [-0.25, -0.2) is 14.4 Å². The van der Waals surface area contributed by atoms with E-state index in [1.807, 2.05) is 66.7 Å². The fourth-order valence-corrected chi connectivity index (χ4v) is 4.63. The lowest BCUT2D eigenvalue weighted by molar-refractivity contribution is 0.465. The Morgan fingerprint density at radius 1 is 0.700 bits per heavy atom. The highest BCUT2D eigenvalue weighted by atomic mass is 19.1. The number of hydrogen-bond donors (Lipinski definition) is 2. The molecule has 0 aliphatic heterocycles. The lowest BCUT2D eigenvalue weighted by atomic mass is 10.0. The molecule has 3 aromatic carbocycles. The average molecular weight is 526 g/mol. The molecule has 0 aliphatic rings. The van der Waals surface area contributed by atoms with Gasteiger partial charge in [0, 0.05) is 50.9 Å². The van der Waals surface area contributed by atoms with Gasteiger partial charge in [0.05, 0.1) is 6.20 Å². The second-order valence-corrected chi connectivity index (χ2v) is 9.05. The van der Waals surface area contributed by atoms with Crippen LogP contribution in [-0.4, -0.2) is 30.4 Å². The number of H-pyrrole nitrogens is 1. The first-order valence-electron chi connectivity index (χ1n) is 12.5. The zero-order chi connectivity index (χ0) is 26.9. The summed E-state index contributed by atoms with van der Waals surface area (Å²) in [4.78, 5) is 8.79. The molecule has 0 amide bonds. The number of anilines is 2. The molecule has 0 unspecified atom stereocenters. The van der Waals surface area contributed by atoms with Gasteiger partial charge in [-0.3, -0.25) is 5.10 Å². The van der Waals surface area contributed by atoms with E-state index in [0.29, 0.717) is 28.8 Å². The Balaban J connectivity index is 1.16. The van der Waals surface area contributed by atoms with Crippen molar-refractivity contribution in [3.63, 3.8) is 0 Å². The Kier molecular flexibility index (Phi) is 5.78. The molecule has 8 nitrogen and oxygen atoms in total. The molecule has 0 saturated carbocycles. The van der Waals surface area contributed by atoms with Gasteiger partial charge in [-0.2, -0.15) is 5.10 Å². The molecule has 7 aromatic rings. The Morgan fingerprint density at radius 2 is 1.52 bits per heavy atom. The van der Waals surface area contributed by atoms with Crippen molar-refractivity contribution in [1.29, 1.82) is 0 Å². The Hall–Kier alpha value is -5.70. The van der Waals surface area contributed by atoms with Crippen LogP contribution in [0.1, 0.15) is 0 Å². The average Bonchev–Trinajstić information content (AvgIpc) is 3.49. The van der Waals surface area contributed by atoms with Crippen molar-refractivity contribution in [1.82, 2.24) is 30.4 Å². The molecule has 0 atom stereocenters. The third-order valence-electron chi connectivity index (χ3n) is 6.55. The SMILES string of the molecule is Fc1ccc(-c2nnc(Nc3ccc(Oc4ncccc4-c4ccnc5[nH]ncc45)cc3)c3ccccc23)cc1. The van der Waals surface area contributed by atoms with E-state index in [1.165, 1.54) is 12.1 Å². The van der Waals surface area contributed by atoms with Crippen molar-refractivity contribution in [3.05, 3.63) is 115 Å². The van der Waals surface area contributed by atoms with Crippen LogP contribution in [0, 0.1) is 5.82 Å². The molecule has 0 aliphatic carbocycles. The monoisotopic (exact) mass is 525 g/mol. The maximum atomic E-state index is 13.5. The van der Waals surface area contributed by atoms with Crippen LogP contribution >= 0.6 is 0 Å². The zero-order valence-electron chi connectivity index (χ0n) is 20.9. The Morgan fingerprint density at radius 3 is 2.38 bits per heavy atom. The summed E-state index contributed by atoms with van der Waals surface area (Å²) in [6.45, 7) is 0. The number of rotatable bonds is 6. The molecule has 4 aromatic heterocycles. The molecule has 40 heavy (non-hydrogen) atoms. The third kappa shape index (κ3) is 4.35. The third-order valence-corrected chi connectivity index (χ3v) is 6.55. The molecule has 0 saturated heterocycles. The van der Waals surface area contributed by atoms with E-state index < -0.39 is 0 Å². The summed E-state index contributed by atoms with van der Waals surface area (Å²) in [5.74, 6) is 1.43. The summed E-state index contributed by atoms with van der Waals surface area (Å²) in [6, 6.07) is 27.4. The van der Waals surface area contributed by atoms with E-state index in [0.717, 1.165) is 38.5 Å². The number of pyridine rings is 2. The predicted octanol–water partition coefficient (Wildman–Crippen LogP) is 7.31. The van der Waals surface area contributed by atoms with Crippen LogP contribution < -0.4 is 10.1 Å². The number of nitrogens with zero attached hydrogens (tertiary/aromatic N) is 5. The smallest absolute Gasteiger partial charge is 0.227 e. The van der Waals surface area contributed by atoms with Crippen molar-refractivity contribution >= 4 is 33.3 Å². The summed E-state index contributed by atoms with van der Waals surface area (Å²) < 4.78 is 19.6. The van der Waals surface area contributed by atoms with Gasteiger partial charge in [0.2, 0.25) is 5.88 Å². The van der Waals surface area contributed by atoms with E-state index in [-0.39, 0.29) is 5.82 Å². The van der Waals surface area contributed by atoms with Crippen molar-refractivity contribution < 1.29 is 9.13 Å². The number of nitrogens with one attached hydrogen (secondary N) is 2. The zero-order valence-corrected chi connectivity index (χ0v) is 20.9. The first-order valence-corrected chi connectivity index (χ1v) is 12.5. The number of benzene rings is 3. The number of aromatic nitrogens is 6. The minimum atomic E-state index is -0.293. The van der Waals surface area contributed by atoms with Gasteiger partial charge in [0.25, 0.3) is 0 Å². The molecule has 0 spiro atoms. The molecule has 192 valence electrons. The lowest BCUT2D eigenvalue weighted by Crippen LogP contribution is -1.99. The Labute approximate surface area is 227 Å². The maximum absolute atomic E-state index is 13.5. The topological polar surface area (TPSA) is 102 Å². The second-order valence-electron chi connectivity index (χ2n) is 9.05. The van der Waals surface area contributed by atoms with E-state index in [1.54, 1.807) is 30.7 Å². The Bertz CT molecular complexity index is 1970. The summed E-state index contributed by atoms with van der Waals surface area (Å²) in [5, 5.41) is 22.0. The van der Waals surface area contributed by atoms with Crippen LogP contribution in [0.15, 0.2) is 110 Å². The highest BCUT2D eigenvalue weighted by Gasteiger charge is 2.14. The summed E-state index contributed by atoms with van der Waals surface area (Å²) >= 11 is 0.